The maximum Gasteiger partial charge on any atom is 0.410 e. The van der Waals surface area contributed by atoms with Crippen LogP contribution in [-0.4, -0.2) is 108 Å². The largest absolute Gasteiger partial charge is 0.477 e. The highest BCUT2D eigenvalue weighted by Crippen LogP contribution is 2.36. The monoisotopic (exact) mass is 936 g/mol. The number of carboxylic acids is 2. The maximum absolute atomic E-state index is 12.8. The van der Waals surface area contributed by atoms with Crippen LogP contribution in [0.15, 0.2) is 73.6 Å². The molecule has 1 saturated heterocycles. The number of H-pyrrole nitrogens is 3. The van der Waals surface area contributed by atoms with E-state index in [2.05, 4.69) is 59.3 Å². The van der Waals surface area contributed by atoms with Gasteiger partial charge in [-0.1, -0.05) is 19.1 Å². The molecule has 2 aromatic carbocycles. The number of hydrogen-bond donors (Lipinski definition) is 6. The topological polar surface area (TPSA) is 255 Å². The lowest BCUT2D eigenvalue weighted by atomic mass is 9.97. The Balaban J connectivity index is 0.000000200. The number of rotatable bonds is 13. The van der Waals surface area contributed by atoms with Crippen LogP contribution in [0.25, 0.3) is 67.1 Å². The van der Waals surface area contributed by atoms with E-state index in [0.29, 0.717) is 42.7 Å². The number of imidazole rings is 2. The molecule has 6 aromatic heterocycles. The van der Waals surface area contributed by atoms with Crippen molar-refractivity contribution in [2.45, 2.75) is 92.6 Å². The molecule has 1 amide bonds. The Morgan fingerprint density at radius 2 is 1.45 bits per heavy atom. The van der Waals surface area contributed by atoms with Gasteiger partial charge < -0.3 is 39.9 Å². The fraction of sp³-hybridized carbons (Fsp3) is 0.340. The molecule has 0 radical (unpaired) electrons. The molecule has 7 heterocycles. The summed E-state index contributed by atoms with van der Waals surface area (Å²) in [4.78, 5) is 60.1. The van der Waals surface area contributed by atoms with Crippen molar-refractivity contribution in [3.63, 3.8) is 0 Å². The SMILES string of the molecule is CCN(Cc1cncc(-c2ccc3c(c2)c(-c2ncc(C(=O)O)[nH]2)nn3C2CCCCO2)c1C)C(=O)OC(C)(C)C.CCNCc1cncc(-c2ccc3[nH]nc(-c4ncc(C(=O)O)[nH]4)c3c2)c1C. The number of aromatic carboxylic acids is 2. The standard InChI is InChI=1S/C30H36N6O5.C20H20N6O2/c1-6-35(29(39)41-30(3,4)5)17-20-14-31-15-22(18(20)2)19-10-11-24-21(13-19)26(27-32-16-23(33-27)28(37)38)34-36(24)25-9-7-8-12-40-25;1-3-21-7-13-8-22-9-15(11(13)2)12-4-5-16-14(6-12)18(26-25-16)19-23-10-17(24-19)20(27)28/h10-11,13-16,25H,6-9,12,17H2,1-5H3,(H,32,33)(H,37,38);4-6,8-10,21H,3,7H2,1-2H3,(H,23,24)(H,25,26)(H,27,28). The summed E-state index contributed by atoms with van der Waals surface area (Å²) in [6.45, 7) is 16.9. The van der Waals surface area contributed by atoms with E-state index in [-0.39, 0.29) is 23.7 Å². The first-order valence-corrected chi connectivity index (χ1v) is 22.9. The van der Waals surface area contributed by atoms with Gasteiger partial charge in [0, 0.05) is 66.4 Å². The van der Waals surface area contributed by atoms with Crippen LogP contribution in [0, 0.1) is 13.8 Å². The maximum atomic E-state index is 12.8. The molecule has 0 spiro atoms. The van der Waals surface area contributed by atoms with Crippen molar-refractivity contribution < 1.29 is 34.1 Å². The molecule has 1 aliphatic rings. The predicted octanol–water partition coefficient (Wildman–Crippen LogP) is 9.08. The molecule has 0 saturated carbocycles. The van der Waals surface area contributed by atoms with Crippen molar-refractivity contribution in [1.82, 2.24) is 60.1 Å². The summed E-state index contributed by atoms with van der Waals surface area (Å²) < 4.78 is 13.5. The first kappa shape index (κ1) is 47.7. The van der Waals surface area contributed by atoms with Crippen molar-refractivity contribution in [2.24, 2.45) is 0 Å². The van der Waals surface area contributed by atoms with Crippen LogP contribution < -0.4 is 5.32 Å². The molecule has 0 aliphatic carbocycles. The molecule has 69 heavy (non-hydrogen) atoms. The first-order chi connectivity index (χ1) is 33.1. The lowest BCUT2D eigenvalue weighted by Crippen LogP contribution is -2.36. The number of pyridine rings is 2. The molecule has 1 unspecified atom stereocenters. The second-order valence-electron chi connectivity index (χ2n) is 17.8. The smallest absolute Gasteiger partial charge is 0.410 e. The van der Waals surface area contributed by atoms with Crippen LogP contribution in [0.4, 0.5) is 4.79 Å². The highest BCUT2D eigenvalue weighted by Gasteiger charge is 2.26. The quantitative estimate of drug-likeness (QED) is 0.0631. The van der Waals surface area contributed by atoms with Gasteiger partial charge in [-0.15, -0.1) is 0 Å². The highest BCUT2D eigenvalue weighted by molar-refractivity contribution is 5.97. The Hall–Kier alpha value is -7.77. The van der Waals surface area contributed by atoms with E-state index in [9.17, 15) is 19.5 Å². The Morgan fingerprint density at radius 1 is 0.826 bits per heavy atom. The van der Waals surface area contributed by atoms with E-state index in [1.165, 1.54) is 18.0 Å². The summed E-state index contributed by atoms with van der Waals surface area (Å²) in [7, 11) is 0. The van der Waals surface area contributed by atoms with Crippen LogP contribution in [0.2, 0.25) is 0 Å². The minimum atomic E-state index is -1.09. The molecule has 8 aromatic rings. The molecule has 19 heteroatoms. The van der Waals surface area contributed by atoms with Gasteiger partial charge in [0.1, 0.15) is 28.4 Å². The third-order valence-corrected chi connectivity index (χ3v) is 12.0. The summed E-state index contributed by atoms with van der Waals surface area (Å²) in [5.74, 6) is -1.36. The van der Waals surface area contributed by atoms with E-state index in [4.69, 9.17) is 19.7 Å². The second-order valence-corrected chi connectivity index (χ2v) is 17.8. The van der Waals surface area contributed by atoms with Crippen LogP contribution in [0.3, 0.4) is 0 Å². The number of benzene rings is 2. The van der Waals surface area contributed by atoms with E-state index in [1.54, 1.807) is 11.1 Å². The zero-order valence-corrected chi connectivity index (χ0v) is 39.7. The van der Waals surface area contributed by atoms with E-state index in [1.807, 2.05) is 94.3 Å². The molecule has 1 aliphatic heterocycles. The molecule has 1 atom stereocenters. The van der Waals surface area contributed by atoms with Crippen molar-refractivity contribution in [1.29, 1.82) is 0 Å². The van der Waals surface area contributed by atoms with Crippen LogP contribution in [0.1, 0.15) is 103 Å². The van der Waals surface area contributed by atoms with Gasteiger partial charge in [0.05, 0.1) is 30.0 Å². The number of hydrogen-bond acceptors (Lipinski definition) is 12. The lowest BCUT2D eigenvalue weighted by molar-refractivity contribution is -0.0365. The number of carbonyl (C=O) groups excluding carboxylic acids is 1. The number of carboxylic acid groups (broad SMARTS) is 2. The van der Waals surface area contributed by atoms with Crippen molar-refractivity contribution in [3.8, 4) is 45.3 Å². The van der Waals surface area contributed by atoms with Crippen molar-refractivity contribution in [3.05, 3.63) is 107 Å². The summed E-state index contributed by atoms with van der Waals surface area (Å²) >= 11 is 0. The van der Waals surface area contributed by atoms with Gasteiger partial charge in [-0.3, -0.25) is 15.1 Å². The van der Waals surface area contributed by atoms with Gasteiger partial charge >= 0.3 is 18.0 Å². The van der Waals surface area contributed by atoms with Crippen molar-refractivity contribution >= 4 is 39.8 Å². The molecule has 9 rings (SSSR count). The average molecular weight is 937 g/mol. The zero-order valence-electron chi connectivity index (χ0n) is 39.7. The number of amides is 1. The minimum absolute atomic E-state index is 0.00835. The summed E-state index contributed by atoms with van der Waals surface area (Å²) in [6.07, 6.45) is 12.3. The Labute approximate surface area is 397 Å². The number of fused-ring (bicyclic) bond motifs is 2. The van der Waals surface area contributed by atoms with Gasteiger partial charge in [0.2, 0.25) is 0 Å². The third-order valence-electron chi connectivity index (χ3n) is 12.0. The molecular formula is C50H56N12O7. The third kappa shape index (κ3) is 10.4. The molecule has 0 bridgehead atoms. The van der Waals surface area contributed by atoms with Crippen LogP contribution in [0.5, 0.6) is 0 Å². The molecule has 6 N–H and O–H groups in total. The highest BCUT2D eigenvalue weighted by atomic mass is 16.6. The van der Waals surface area contributed by atoms with Gasteiger partial charge in [-0.05, 0) is 125 Å². The van der Waals surface area contributed by atoms with E-state index in [0.717, 1.165) is 93.1 Å². The predicted molar refractivity (Wildman–Crippen MR) is 259 cm³/mol. The van der Waals surface area contributed by atoms with E-state index < -0.39 is 17.5 Å². The Bertz CT molecular complexity index is 3150. The fourth-order valence-corrected chi connectivity index (χ4v) is 8.24. The number of nitrogens with zero attached hydrogens (tertiary/aromatic N) is 8. The molecule has 19 nitrogen and oxygen atoms in total. The van der Waals surface area contributed by atoms with Gasteiger partial charge in [0.25, 0.3) is 0 Å². The second kappa shape index (κ2) is 20.2. The zero-order chi connectivity index (χ0) is 49.0. The van der Waals surface area contributed by atoms with Gasteiger partial charge in [0.15, 0.2) is 17.9 Å². The average Bonchev–Trinajstić information content (AvgIpc) is 4.17. The first-order valence-electron chi connectivity index (χ1n) is 22.9. The molecule has 358 valence electrons. The normalized spacial score (nSPS) is 13.9. The summed E-state index contributed by atoms with van der Waals surface area (Å²) in [5, 5.41) is 35.7. The number of aromatic amines is 3. The fourth-order valence-electron chi connectivity index (χ4n) is 8.24. The number of aromatic nitrogens is 10. The number of nitrogens with one attached hydrogen (secondary N) is 4. The van der Waals surface area contributed by atoms with Crippen LogP contribution >= 0.6 is 0 Å². The Morgan fingerprint density at radius 3 is 2.04 bits per heavy atom. The van der Waals surface area contributed by atoms with Gasteiger partial charge in [-0.2, -0.15) is 10.2 Å². The number of ether oxygens (including phenoxy) is 2. The minimum Gasteiger partial charge on any atom is -0.477 e. The molecule has 1 fully saturated rings. The number of carbonyl (C=O) groups is 3. The summed E-state index contributed by atoms with van der Waals surface area (Å²) in [6, 6.07) is 12.1. The Kier molecular flexibility index (Phi) is 14.0. The van der Waals surface area contributed by atoms with Crippen LogP contribution in [-0.2, 0) is 22.6 Å². The molecular weight excluding hydrogens is 881 g/mol. The van der Waals surface area contributed by atoms with Crippen molar-refractivity contribution in [2.75, 3.05) is 19.7 Å². The summed E-state index contributed by atoms with van der Waals surface area (Å²) in [5.41, 5.74) is 10.4. The lowest BCUT2D eigenvalue weighted by Gasteiger charge is -2.27. The van der Waals surface area contributed by atoms with Gasteiger partial charge in [-0.25, -0.2) is 29.0 Å². The van der Waals surface area contributed by atoms with E-state index >= 15 is 0 Å².